The molecule has 16 heavy (non-hydrogen) atoms. The number of carbonyl (C=O) groups is 1. The number of nitrogens with one attached hydrogen (secondary N) is 1. The van der Waals surface area contributed by atoms with E-state index in [2.05, 4.69) is 11.4 Å². The fourth-order valence-electron chi connectivity index (χ4n) is 1.06. The first-order valence-electron chi connectivity index (χ1n) is 4.76. The molecule has 1 aromatic heterocycles. The lowest BCUT2D eigenvalue weighted by Crippen LogP contribution is -2.23. The van der Waals surface area contributed by atoms with E-state index >= 15 is 0 Å². The fourth-order valence-corrected chi connectivity index (χ4v) is 1.84. The van der Waals surface area contributed by atoms with Crippen molar-refractivity contribution in [2.24, 2.45) is 5.73 Å². The van der Waals surface area contributed by atoms with Crippen molar-refractivity contribution in [1.29, 1.82) is 5.26 Å². The Morgan fingerprint density at radius 3 is 3.12 bits per heavy atom. The molecule has 5 nitrogen and oxygen atoms in total. The minimum atomic E-state index is -0.461. The highest BCUT2D eigenvalue weighted by molar-refractivity contribution is 7.10. The number of rotatable bonds is 7. The van der Waals surface area contributed by atoms with E-state index in [4.69, 9.17) is 15.7 Å². The SMILES string of the molecule is N#Cc1csc(CNCCOCC(N)=O)c1. The Kier molecular flexibility index (Phi) is 5.50. The molecule has 0 aliphatic carbocycles. The Hall–Kier alpha value is -1.42. The molecule has 1 heterocycles. The molecule has 0 aromatic carbocycles. The molecule has 3 N–H and O–H groups in total. The summed E-state index contributed by atoms with van der Waals surface area (Å²) in [5, 5.41) is 13.6. The monoisotopic (exact) mass is 239 g/mol. The molecule has 0 bridgehead atoms. The predicted molar refractivity (Wildman–Crippen MR) is 60.8 cm³/mol. The van der Waals surface area contributed by atoms with E-state index < -0.39 is 5.91 Å². The van der Waals surface area contributed by atoms with Gasteiger partial charge in [-0.1, -0.05) is 0 Å². The van der Waals surface area contributed by atoms with Crippen LogP contribution in [0.25, 0.3) is 0 Å². The molecule has 0 spiro atoms. The molecule has 86 valence electrons. The largest absolute Gasteiger partial charge is 0.370 e. The Morgan fingerprint density at radius 1 is 1.69 bits per heavy atom. The maximum absolute atomic E-state index is 10.3. The highest BCUT2D eigenvalue weighted by Crippen LogP contribution is 2.12. The molecular weight excluding hydrogens is 226 g/mol. The van der Waals surface area contributed by atoms with Crippen LogP contribution in [0.1, 0.15) is 10.4 Å². The summed E-state index contributed by atoms with van der Waals surface area (Å²) < 4.78 is 4.97. The molecule has 0 fully saturated rings. The Bertz CT molecular complexity index is 384. The number of hydrogen-bond donors (Lipinski definition) is 2. The molecule has 6 heteroatoms. The quantitative estimate of drug-likeness (QED) is 0.666. The van der Waals surface area contributed by atoms with Crippen LogP contribution in [0.4, 0.5) is 0 Å². The summed E-state index contributed by atoms with van der Waals surface area (Å²) in [5.41, 5.74) is 5.59. The average Bonchev–Trinajstić information content (AvgIpc) is 2.70. The van der Waals surface area contributed by atoms with E-state index in [0.717, 1.165) is 4.88 Å². The number of nitriles is 1. The summed E-state index contributed by atoms with van der Waals surface area (Å²) in [6.45, 7) is 1.75. The number of carbonyl (C=O) groups excluding carboxylic acids is 1. The third kappa shape index (κ3) is 4.89. The molecule has 0 aliphatic heterocycles. The second-order valence-corrected chi connectivity index (χ2v) is 4.10. The maximum Gasteiger partial charge on any atom is 0.243 e. The summed E-state index contributed by atoms with van der Waals surface area (Å²) in [6.07, 6.45) is 0. The standard InChI is InChI=1S/C10H13N3O2S/c11-4-8-3-9(16-7-8)5-13-1-2-15-6-10(12)14/h3,7,13H,1-2,5-6H2,(H2,12,14). The molecule has 1 amide bonds. The van der Waals surface area contributed by atoms with E-state index in [0.29, 0.717) is 25.3 Å². The highest BCUT2D eigenvalue weighted by atomic mass is 32.1. The minimum absolute atomic E-state index is 0.0424. The van der Waals surface area contributed by atoms with Crippen molar-refractivity contribution in [2.75, 3.05) is 19.8 Å². The molecular formula is C10H13N3O2S. The lowest BCUT2D eigenvalue weighted by atomic mass is 10.3. The first-order valence-corrected chi connectivity index (χ1v) is 5.64. The van der Waals surface area contributed by atoms with E-state index in [9.17, 15) is 4.79 Å². The third-order valence-corrected chi connectivity index (χ3v) is 2.69. The van der Waals surface area contributed by atoms with Gasteiger partial charge in [-0.05, 0) is 6.07 Å². The summed E-state index contributed by atoms with van der Waals surface area (Å²) >= 11 is 1.54. The summed E-state index contributed by atoms with van der Waals surface area (Å²) in [6, 6.07) is 3.93. The average molecular weight is 239 g/mol. The fraction of sp³-hybridized carbons (Fsp3) is 0.400. The molecule has 0 atom stereocenters. The van der Waals surface area contributed by atoms with Gasteiger partial charge in [0, 0.05) is 23.3 Å². The minimum Gasteiger partial charge on any atom is -0.370 e. The van der Waals surface area contributed by atoms with Gasteiger partial charge < -0.3 is 15.8 Å². The van der Waals surface area contributed by atoms with Crippen molar-refractivity contribution < 1.29 is 9.53 Å². The number of nitrogens with two attached hydrogens (primary N) is 1. The lowest BCUT2D eigenvalue weighted by Gasteiger charge is -2.03. The van der Waals surface area contributed by atoms with E-state index in [-0.39, 0.29) is 6.61 Å². The summed E-state index contributed by atoms with van der Waals surface area (Å²) in [5.74, 6) is -0.461. The van der Waals surface area contributed by atoms with E-state index in [1.54, 1.807) is 11.3 Å². The topological polar surface area (TPSA) is 88.1 Å². The van der Waals surface area contributed by atoms with Crippen LogP contribution < -0.4 is 11.1 Å². The van der Waals surface area contributed by atoms with Crippen molar-refractivity contribution in [3.05, 3.63) is 21.9 Å². The second kappa shape index (κ2) is 6.95. The van der Waals surface area contributed by atoms with Gasteiger partial charge in [-0.2, -0.15) is 5.26 Å². The lowest BCUT2D eigenvalue weighted by molar-refractivity contribution is -0.122. The molecule has 0 radical (unpaired) electrons. The molecule has 1 rings (SSSR count). The molecule has 0 saturated carbocycles. The van der Waals surface area contributed by atoms with Crippen molar-refractivity contribution in [3.63, 3.8) is 0 Å². The number of ether oxygens (including phenoxy) is 1. The van der Waals surface area contributed by atoms with Gasteiger partial charge in [0.25, 0.3) is 0 Å². The smallest absolute Gasteiger partial charge is 0.243 e. The van der Waals surface area contributed by atoms with Crippen LogP contribution in [-0.2, 0) is 16.1 Å². The Balaban J connectivity index is 2.07. The van der Waals surface area contributed by atoms with Crippen LogP contribution >= 0.6 is 11.3 Å². The number of primary amides is 1. The van der Waals surface area contributed by atoms with Gasteiger partial charge in [0.2, 0.25) is 5.91 Å². The highest BCUT2D eigenvalue weighted by Gasteiger charge is 1.98. The van der Waals surface area contributed by atoms with Crippen LogP contribution in [0.3, 0.4) is 0 Å². The van der Waals surface area contributed by atoms with Gasteiger partial charge in [0.1, 0.15) is 12.7 Å². The summed E-state index contributed by atoms with van der Waals surface area (Å²) in [7, 11) is 0. The zero-order valence-electron chi connectivity index (χ0n) is 8.73. The van der Waals surface area contributed by atoms with Crippen LogP contribution in [-0.4, -0.2) is 25.7 Å². The number of thiophene rings is 1. The molecule has 0 unspecified atom stereocenters. The Morgan fingerprint density at radius 2 is 2.50 bits per heavy atom. The van der Waals surface area contributed by atoms with Crippen molar-refractivity contribution in [3.8, 4) is 6.07 Å². The van der Waals surface area contributed by atoms with Gasteiger partial charge in [-0.3, -0.25) is 4.79 Å². The van der Waals surface area contributed by atoms with Crippen molar-refractivity contribution >= 4 is 17.2 Å². The van der Waals surface area contributed by atoms with E-state index in [1.807, 2.05) is 11.4 Å². The Labute approximate surface area is 97.8 Å². The zero-order valence-corrected chi connectivity index (χ0v) is 9.55. The van der Waals surface area contributed by atoms with Crippen LogP contribution in [0, 0.1) is 11.3 Å². The number of amides is 1. The zero-order chi connectivity index (χ0) is 11.8. The molecule has 0 saturated heterocycles. The first-order chi connectivity index (χ1) is 7.72. The molecule has 1 aromatic rings. The van der Waals surface area contributed by atoms with E-state index in [1.165, 1.54) is 0 Å². The second-order valence-electron chi connectivity index (χ2n) is 3.11. The van der Waals surface area contributed by atoms with Gasteiger partial charge in [0.05, 0.1) is 12.2 Å². The molecule has 0 aliphatic rings. The number of nitrogens with zero attached hydrogens (tertiary/aromatic N) is 1. The maximum atomic E-state index is 10.3. The van der Waals surface area contributed by atoms with Crippen molar-refractivity contribution in [1.82, 2.24) is 5.32 Å². The van der Waals surface area contributed by atoms with Gasteiger partial charge in [0.15, 0.2) is 0 Å². The van der Waals surface area contributed by atoms with Crippen LogP contribution in [0.2, 0.25) is 0 Å². The van der Waals surface area contributed by atoms with Crippen LogP contribution in [0.5, 0.6) is 0 Å². The normalized spacial score (nSPS) is 9.94. The predicted octanol–water partition coefficient (Wildman–Crippen LogP) is 0.211. The summed E-state index contributed by atoms with van der Waals surface area (Å²) in [4.78, 5) is 11.4. The van der Waals surface area contributed by atoms with Gasteiger partial charge in [-0.15, -0.1) is 11.3 Å². The van der Waals surface area contributed by atoms with Crippen molar-refractivity contribution in [2.45, 2.75) is 6.54 Å². The number of hydrogen-bond acceptors (Lipinski definition) is 5. The van der Waals surface area contributed by atoms with Gasteiger partial charge in [-0.25, -0.2) is 0 Å². The van der Waals surface area contributed by atoms with Gasteiger partial charge >= 0.3 is 0 Å². The first kappa shape index (κ1) is 12.6. The third-order valence-electron chi connectivity index (χ3n) is 1.75. The van der Waals surface area contributed by atoms with Crippen LogP contribution in [0.15, 0.2) is 11.4 Å².